The van der Waals surface area contributed by atoms with Crippen molar-refractivity contribution in [2.24, 2.45) is 0 Å². The van der Waals surface area contributed by atoms with Crippen LogP contribution in [0.15, 0.2) is 60.7 Å². The zero-order valence-corrected chi connectivity index (χ0v) is 10.6. The molecule has 0 saturated carbocycles. The van der Waals surface area contributed by atoms with Gasteiger partial charge < -0.3 is 0 Å². The van der Waals surface area contributed by atoms with Gasteiger partial charge in [-0.15, -0.1) is 0 Å². The van der Waals surface area contributed by atoms with Gasteiger partial charge in [0.2, 0.25) is 0 Å². The van der Waals surface area contributed by atoms with Crippen molar-refractivity contribution in [2.75, 3.05) is 0 Å². The molecule has 2 rings (SSSR count). The Morgan fingerprint density at radius 3 is 1.79 bits per heavy atom. The second-order valence-corrected chi connectivity index (χ2v) is 5.58. The topological polar surface area (TPSA) is 43.4 Å². The van der Waals surface area contributed by atoms with Gasteiger partial charge in [0.05, 0.1) is 6.61 Å². The third kappa shape index (κ3) is 5.89. The van der Waals surface area contributed by atoms with E-state index in [0.717, 1.165) is 11.1 Å². The summed E-state index contributed by atoms with van der Waals surface area (Å²) in [6.07, 6.45) is 0. The summed E-state index contributed by atoms with van der Waals surface area (Å²) < 4.78 is 28.5. The average Bonchev–Trinajstić information content (AvgIpc) is 2.38. The van der Waals surface area contributed by atoms with Gasteiger partial charge in [0.1, 0.15) is 5.75 Å². The molecule has 0 spiro atoms. The fourth-order valence-corrected chi connectivity index (χ4v) is 2.55. The molecule has 2 aromatic carbocycles. The molecule has 0 saturated heterocycles. The molecule has 0 N–H and O–H groups in total. The summed E-state index contributed by atoms with van der Waals surface area (Å²) >= 11 is 0. The molecule has 96 valence electrons. The van der Waals surface area contributed by atoms with Crippen LogP contribution in [0.2, 0.25) is 0 Å². The van der Waals surface area contributed by atoms with E-state index in [9.17, 15) is 8.42 Å². The summed E-state index contributed by atoms with van der Waals surface area (Å²) in [7, 11) is -3.53. The third-order valence-corrected chi connectivity index (χ3v) is 3.60. The molecule has 5 heteroatoms. The Morgan fingerprint density at radius 2 is 1.26 bits per heavy atom. The number of hydrogen-bond acceptors (Lipinski definition) is 3. The van der Waals surface area contributed by atoms with Crippen molar-refractivity contribution in [3.63, 3.8) is 0 Å². The summed E-state index contributed by atoms with van der Waals surface area (Å²) in [4.78, 5) is 0. The maximum atomic E-state index is 11.8. The molecular weight excluding hydrogens is 271 g/mol. The van der Waals surface area contributed by atoms with E-state index in [4.69, 9.17) is 4.18 Å². The van der Waals surface area contributed by atoms with Crippen molar-refractivity contribution >= 4 is 39.7 Å². The van der Waals surface area contributed by atoms with E-state index in [1.807, 2.05) is 48.5 Å². The van der Waals surface area contributed by atoms with Crippen LogP contribution in [0.4, 0.5) is 0 Å². The van der Waals surface area contributed by atoms with Gasteiger partial charge in [0.15, 0.2) is 0 Å². The fraction of sp³-hybridized carbons (Fsp3) is 0.143. The molecule has 0 aliphatic heterocycles. The van der Waals surface area contributed by atoms with Gasteiger partial charge in [-0.1, -0.05) is 60.7 Å². The van der Waals surface area contributed by atoms with Crippen LogP contribution in [0.1, 0.15) is 11.1 Å². The predicted octanol–water partition coefficient (Wildman–Crippen LogP) is 2.08. The molecule has 0 unspecified atom stereocenters. The molecular formula is C14H15NaO3S. The van der Waals surface area contributed by atoms with Gasteiger partial charge in [-0.25, -0.2) is 0 Å². The Hall–Kier alpha value is -0.650. The number of rotatable bonds is 5. The maximum absolute atomic E-state index is 11.8. The molecule has 0 heterocycles. The van der Waals surface area contributed by atoms with E-state index in [-0.39, 0.29) is 41.9 Å². The van der Waals surface area contributed by atoms with Crippen molar-refractivity contribution in [3.05, 3.63) is 71.8 Å². The predicted molar refractivity (Wildman–Crippen MR) is 77.4 cm³/mol. The first-order valence-corrected chi connectivity index (χ1v) is 7.18. The molecule has 0 bridgehead atoms. The van der Waals surface area contributed by atoms with E-state index in [2.05, 4.69) is 0 Å². The van der Waals surface area contributed by atoms with Crippen molar-refractivity contribution in [1.29, 1.82) is 0 Å². The van der Waals surface area contributed by atoms with Crippen LogP contribution < -0.4 is 0 Å². The van der Waals surface area contributed by atoms with Crippen LogP contribution in [-0.4, -0.2) is 38.0 Å². The van der Waals surface area contributed by atoms with Gasteiger partial charge in [-0.05, 0) is 11.1 Å². The monoisotopic (exact) mass is 286 g/mol. The third-order valence-electron chi connectivity index (χ3n) is 2.43. The Kier molecular flexibility index (Phi) is 6.75. The summed E-state index contributed by atoms with van der Waals surface area (Å²) in [5, 5.41) is 0. The van der Waals surface area contributed by atoms with E-state index in [1.54, 1.807) is 12.1 Å². The number of benzene rings is 2. The second kappa shape index (κ2) is 7.82. The molecule has 0 fully saturated rings. The SMILES string of the molecule is O=S(=O)(Cc1ccccc1)OCc1ccccc1.[NaH]. The fourth-order valence-electron chi connectivity index (χ4n) is 1.55. The standard InChI is InChI=1S/C14H14O3S.Na.H/c15-18(16,12-14-9-5-2-6-10-14)17-11-13-7-3-1-4-8-13;;/h1-10H,11-12H2;;. The van der Waals surface area contributed by atoms with Crippen LogP contribution in [0.3, 0.4) is 0 Å². The summed E-state index contributed by atoms with van der Waals surface area (Å²) in [6, 6.07) is 18.2. The minimum absolute atomic E-state index is 0. The Bertz CT molecular complexity index is 583. The zero-order valence-electron chi connectivity index (χ0n) is 9.82. The van der Waals surface area contributed by atoms with Crippen LogP contribution >= 0.6 is 0 Å². The molecule has 3 nitrogen and oxygen atoms in total. The summed E-state index contributed by atoms with van der Waals surface area (Å²) in [5.41, 5.74) is 1.57. The second-order valence-electron chi connectivity index (χ2n) is 3.94. The van der Waals surface area contributed by atoms with Gasteiger partial charge in [0.25, 0.3) is 10.1 Å². The first kappa shape index (κ1) is 16.4. The van der Waals surface area contributed by atoms with Crippen molar-refractivity contribution in [3.8, 4) is 0 Å². The van der Waals surface area contributed by atoms with Crippen LogP contribution in [0.5, 0.6) is 0 Å². The number of hydrogen-bond donors (Lipinski definition) is 0. The minimum atomic E-state index is -3.53. The van der Waals surface area contributed by atoms with Gasteiger partial charge in [-0.2, -0.15) is 8.42 Å². The molecule has 0 amide bonds. The van der Waals surface area contributed by atoms with Crippen molar-refractivity contribution < 1.29 is 12.6 Å². The zero-order chi connectivity index (χ0) is 12.8. The van der Waals surface area contributed by atoms with Crippen molar-refractivity contribution in [1.82, 2.24) is 0 Å². The van der Waals surface area contributed by atoms with E-state index >= 15 is 0 Å². The molecule has 0 radical (unpaired) electrons. The van der Waals surface area contributed by atoms with Gasteiger partial charge in [0, 0.05) is 0 Å². The molecule has 0 atom stereocenters. The van der Waals surface area contributed by atoms with Gasteiger partial charge in [-0.3, -0.25) is 4.18 Å². The van der Waals surface area contributed by atoms with E-state index in [1.165, 1.54) is 0 Å². The van der Waals surface area contributed by atoms with Crippen molar-refractivity contribution in [2.45, 2.75) is 12.4 Å². The van der Waals surface area contributed by atoms with E-state index < -0.39 is 10.1 Å². The van der Waals surface area contributed by atoms with Crippen LogP contribution in [-0.2, 0) is 26.7 Å². The van der Waals surface area contributed by atoms with Gasteiger partial charge >= 0.3 is 29.6 Å². The summed E-state index contributed by atoms with van der Waals surface area (Å²) in [5.74, 6) is -0.0966. The molecule has 0 aliphatic carbocycles. The van der Waals surface area contributed by atoms with E-state index in [0.29, 0.717) is 0 Å². The Morgan fingerprint density at radius 1 is 0.789 bits per heavy atom. The molecule has 19 heavy (non-hydrogen) atoms. The van der Waals surface area contributed by atoms with Crippen LogP contribution in [0, 0.1) is 0 Å². The molecule has 0 aliphatic rings. The molecule has 0 aromatic heterocycles. The first-order chi connectivity index (χ1) is 8.66. The average molecular weight is 286 g/mol. The normalized spacial score (nSPS) is 10.7. The summed E-state index contributed by atoms with van der Waals surface area (Å²) in [6.45, 7) is 0.0794. The molecule has 2 aromatic rings. The Balaban J connectivity index is 0.00000180. The van der Waals surface area contributed by atoms with Crippen LogP contribution in [0.25, 0.3) is 0 Å². The quantitative estimate of drug-likeness (QED) is 0.624. The Labute approximate surface area is 136 Å². The first-order valence-electron chi connectivity index (χ1n) is 5.61.